The predicted molar refractivity (Wildman–Crippen MR) is 131 cm³/mol. The summed E-state index contributed by atoms with van der Waals surface area (Å²) >= 11 is 1.53. The van der Waals surface area contributed by atoms with Crippen LogP contribution in [0.2, 0.25) is 0 Å². The first-order valence-corrected chi connectivity index (χ1v) is 11.6. The van der Waals surface area contributed by atoms with Gasteiger partial charge in [-0.1, -0.05) is 26.0 Å². The number of nitrogens with one attached hydrogen (secondary N) is 1. The van der Waals surface area contributed by atoms with Gasteiger partial charge in [-0.05, 0) is 31.4 Å². The van der Waals surface area contributed by atoms with Gasteiger partial charge in [-0.15, -0.1) is 11.3 Å². The van der Waals surface area contributed by atoms with E-state index in [1.807, 2.05) is 38.3 Å². The molecule has 3 N–H and O–H groups in total. The summed E-state index contributed by atoms with van der Waals surface area (Å²) in [5.74, 6) is -0.304. The maximum Gasteiger partial charge on any atom is 0.330 e. The Bertz CT molecular complexity index is 1230. The fourth-order valence-corrected chi connectivity index (χ4v) is 4.27. The molecule has 0 atom stereocenters. The van der Waals surface area contributed by atoms with Gasteiger partial charge in [-0.2, -0.15) is 0 Å². The second-order valence-electron chi connectivity index (χ2n) is 8.17. The molecule has 9 nitrogen and oxygen atoms in total. The number of nitrogens with two attached hydrogens (primary N) is 1. The monoisotopic (exact) mass is 471 g/mol. The number of anilines is 2. The zero-order chi connectivity index (χ0) is 24.1. The normalized spacial score (nSPS) is 11.2. The van der Waals surface area contributed by atoms with Crippen molar-refractivity contribution in [3.63, 3.8) is 0 Å². The number of nitrogen functional groups attached to an aromatic ring is 1. The lowest BCUT2D eigenvalue weighted by atomic mass is 10.1. The number of amides is 1. The quantitative estimate of drug-likeness (QED) is 0.463. The van der Waals surface area contributed by atoms with Crippen LogP contribution in [-0.4, -0.2) is 40.7 Å². The molecule has 0 aliphatic carbocycles. The Morgan fingerprint density at radius 3 is 2.55 bits per heavy atom. The number of methoxy groups -OCH3 is 1. The van der Waals surface area contributed by atoms with E-state index in [0.717, 1.165) is 16.3 Å². The lowest BCUT2D eigenvalue weighted by Gasteiger charge is -2.25. The maximum atomic E-state index is 13.5. The van der Waals surface area contributed by atoms with E-state index < -0.39 is 11.2 Å². The van der Waals surface area contributed by atoms with Crippen molar-refractivity contribution in [2.45, 2.75) is 33.7 Å². The van der Waals surface area contributed by atoms with E-state index in [-0.39, 0.29) is 29.9 Å². The number of rotatable bonds is 9. The summed E-state index contributed by atoms with van der Waals surface area (Å²) in [7, 11) is 1.56. The van der Waals surface area contributed by atoms with Crippen LogP contribution >= 0.6 is 11.3 Å². The van der Waals surface area contributed by atoms with Gasteiger partial charge in [-0.25, -0.2) is 9.78 Å². The zero-order valence-electron chi connectivity index (χ0n) is 19.3. The van der Waals surface area contributed by atoms with Crippen molar-refractivity contribution in [1.29, 1.82) is 0 Å². The molecule has 0 fully saturated rings. The minimum absolute atomic E-state index is 0.0295. The number of ether oxygens (including phenoxy) is 1. The maximum absolute atomic E-state index is 13.5. The third-order valence-electron chi connectivity index (χ3n) is 5.00. The molecular weight excluding hydrogens is 442 g/mol. The van der Waals surface area contributed by atoms with Crippen LogP contribution in [0.25, 0.3) is 10.6 Å². The summed E-state index contributed by atoms with van der Waals surface area (Å²) in [4.78, 5) is 46.7. The van der Waals surface area contributed by atoms with Crippen LogP contribution in [0.5, 0.6) is 0 Å². The molecule has 1 aromatic carbocycles. The van der Waals surface area contributed by atoms with E-state index in [4.69, 9.17) is 10.5 Å². The molecule has 0 saturated carbocycles. The number of aromatic amines is 1. The first-order chi connectivity index (χ1) is 15.7. The van der Waals surface area contributed by atoms with E-state index in [1.54, 1.807) is 19.2 Å². The number of thiazole rings is 1. The second kappa shape index (κ2) is 10.6. The van der Waals surface area contributed by atoms with Crippen LogP contribution in [0.4, 0.5) is 11.5 Å². The molecule has 3 rings (SSSR count). The molecule has 0 unspecified atom stereocenters. The van der Waals surface area contributed by atoms with E-state index in [0.29, 0.717) is 25.1 Å². The zero-order valence-corrected chi connectivity index (χ0v) is 20.1. The van der Waals surface area contributed by atoms with Crippen molar-refractivity contribution in [1.82, 2.24) is 14.5 Å². The molecule has 0 aliphatic heterocycles. The average Bonchev–Trinajstić information content (AvgIpc) is 3.21. The van der Waals surface area contributed by atoms with Crippen molar-refractivity contribution >= 4 is 28.7 Å². The van der Waals surface area contributed by atoms with Gasteiger partial charge in [0.1, 0.15) is 10.8 Å². The molecule has 0 saturated heterocycles. The summed E-state index contributed by atoms with van der Waals surface area (Å²) in [6.45, 7) is 6.71. The number of hydrogen-bond acceptors (Lipinski definition) is 7. The van der Waals surface area contributed by atoms with Crippen molar-refractivity contribution in [3.05, 3.63) is 61.7 Å². The van der Waals surface area contributed by atoms with Gasteiger partial charge >= 0.3 is 5.69 Å². The smallest absolute Gasteiger partial charge is 0.330 e. The Morgan fingerprint density at radius 1 is 1.27 bits per heavy atom. The molecular formula is C23H29N5O4S. The Hall–Kier alpha value is -3.24. The van der Waals surface area contributed by atoms with E-state index in [2.05, 4.69) is 9.97 Å². The van der Waals surface area contributed by atoms with Crippen LogP contribution in [0.1, 0.15) is 36.3 Å². The highest BCUT2D eigenvalue weighted by Gasteiger charge is 2.25. The van der Waals surface area contributed by atoms with E-state index >= 15 is 0 Å². The molecule has 0 aliphatic rings. The summed E-state index contributed by atoms with van der Waals surface area (Å²) in [6, 6.07) is 7.05. The number of benzene rings is 1. The highest BCUT2D eigenvalue weighted by atomic mass is 32.1. The number of aryl methyl sites for hydroxylation is 1. The Labute approximate surface area is 195 Å². The van der Waals surface area contributed by atoms with Crippen molar-refractivity contribution in [2.75, 3.05) is 30.9 Å². The van der Waals surface area contributed by atoms with Crippen molar-refractivity contribution < 1.29 is 9.53 Å². The topological polar surface area (TPSA) is 123 Å². The molecule has 3 aromatic rings. The standard InChI is InChI=1S/C23H29N5O4S/c1-14(2)12-28-19(24)18(20(29)26-23(28)31)27(10-5-11-32-4)22(30)17-8-6-16(7-9-17)21-25-15(3)13-33-21/h6-9,13-14H,5,10-12,24H2,1-4H3,(H,26,29,31). The van der Waals surface area contributed by atoms with Gasteiger partial charge in [0.2, 0.25) is 0 Å². The van der Waals surface area contributed by atoms with Gasteiger partial charge in [0.05, 0.1) is 0 Å². The molecule has 176 valence electrons. The number of H-pyrrole nitrogens is 1. The summed E-state index contributed by atoms with van der Waals surface area (Å²) in [6.07, 6.45) is 0.487. The van der Waals surface area contributed by atoms with Crippen LogP contribution in [0, 0.1) is 12.8 Å². The van der Waals surface area contributed by atoms with Crippen LogP contribution < -0.4 is 21.9 Å². The van der Waals surface area contributed by atoms with Crippen molar-refractivity contribution in [2.24, 2.45) is 5.92 Å². The number of nitrogens with zero attached hydrogens (tertiary/aromatic N) is 3. The number of carbonyl (C=O) groups is 1. The fraction of sp³-hybridized carbons (Fsp3) is 0.391. The molecule has 1 amide bonds. The predicted octanol–water partition coefficient (Wildman–Crippen LogP) is 2.89. The minimum atomic E-state index is -0.696. The lowest BCUT2D eigenvalue weighted by Crippen LogP contribution is -2.42. The number of hydrogen-bond donors (Lipinski definition) is 2. The van der Waals surface area contributed by atoms with E-state index in [1.165, 1.54) is 20.8 Å². The first kappa shape index (κ1) is 24.4. The van der Waals surface area contributed by atoms with Crippen LogP contribution in [0.15, 0.2) is 39.2 Å². The molecule has 10 heteroatoms. The third-order valence-corrected chi connectivity index (χ3v) is 6.01. The van der Waals surface area contributed by atoms with Crippen LogP contribution in [0.3, 0.4) is 0 Å². The highest BCUT2D eigenvalue weighted by molar-refractivity contribution is 7.13. The molecule has 2 heterocycles. The van der Waals surface area contributed by atoms with Gasteiger partial charge in [0, 0.05) is 49.0 Å². The summed E-state index contributed by atoms with van der Waals surface area (Å²) < 4.78 is 6.42. The molecule has 33 heavy (non-hydrogen) atoms. The average molecular weight is 472 g/mol. The molecule has 0 spiro atoms. The molecule has 0 bridgehead atoms. The SMILES string of the molecule is COCCCN(C(=O)c1ccc(-c2nc(C)cs2)cc1)c1c(N)n(CC(C)C)c(=O)[nH]c1=O. The van der Waals surface area contributed by atoms with Crippen molar-refractivity contribution in [3.8, 4) is 10.6 Å². The Morgan fingerprint density at radius 2 is 1.97 bits per heavy atom. The number of aromatic nitrogens is 3. The minimum Gasteiger partial charge on any atom is -0.385 e. The van der Waals surface area contributed by atoms with E-state index in [9.17, 15) is 14.4 Å². The van der Waals surface area contributed by atoms with Gasteiger partial charge in [-0.3, -0.25) is 19.1 Å². The highest BCUT2D eigenvalue weighted by Crippen LogP contribution is 2.25. The number of carbonyl (C=O) groups excluding carboxylic acids is 1. The largest absolute Gasteiger partial charge is 0.385 e. The first-order valence-electron chi connectivity index (χ1n) is 10.7. The fourth-order valence-electron chi connectivity index (χ4n) is 3.46. The molecule has 0 radical (unpaired) electrons. The second-order valence-corrected chi connectivity index (χ2v) is 9.03. The molecule has 2 aromatic heterocycles. The van der Waals surface area contributed by atoms with Gasteiger partial charge in [0.15, 0.2) is 5.69 Å². The van der Waals surface area contributed by atoms with Gasteiger partial charge < -0.3 is 15.4 Å². The Balaban J connectivity index is 2.02. The van der Waals surface area contributed by atoms with Gasteiger partial charge in [0.25, 0.3) is 11.5 Å². The summed E-state index contributed by atoms with van der Waals surface area (Å²) in [5, 5.41) is 2.83. The Kier molecular flexibility index (Phi) is 7.83. The summed E-state index contributed by atoms with van der Waals surface area (Å²) in [5.41, 5.74) is 7.18. The third kappa shape index (κ3) is 5.58. The van der Waals surface area contributed by atoms with Crippen LogP contribution in [-0.2, 0) is 11.3 Å². The lowest BCUT2D eigenvalue weighted by molar-refractivity contribution is 0.0983.